The van der Waals surface area contributed by atoms with Crippen LogP contribution >= 0.6 is 0 Å². The van der Waals surface area contributed by atoms with Gasteiger partial charge in [-0.3, -0.25) is 9.48 Å². The number of aromatic nitrogens is 2. The number of amides is 1. The van der Waals surface area contributed by atoms with Crippen molar-refractivity contribution in [1.29, 1.82) is 0 Å². The molecule has 0 spiro atoms. The predicted molar refractivity (Wildman–Crippen MR) is 68.1 cm³/mol. The fraction of sp³-hybridized carbons (Fsp3) is 0.667. The average Bonchev–Trinajstić information content (AvgIpc) is 2.93. The molecular formula is C12H20N4O2. The average molecular weight is 252 g/mol. The third-order valence-corrected chi connectivity index (χ3v) is 3.44. The van der Waals surface area contributed by atoms with Gasteiger partial charge in [0.15, 0.2) is 5.69 Å². The quantitative estimate of drug-likeness (QED) is 0.728. The number of carbonyl (C=O) groups is 1. The summed E-state index contributed by atoms with van der Waals surface area (Å²) >= 11 is 0. The third-order valence-electron chi connectivity index (χ3n) is 3.44. The van der Waals surface area contributed by atoms with E-state index in [2.05, 4.69) is 10.4 Å². The molecule has 0 unspecified atom stereocenters. The molecule has 1 aromatic rings. The Hall–Kier alpha value is -1.56. The molecule has 100 valence electrons. The molecule has 1 heterocycles. The lowest BCUT2D eigenvalue weighted by molar-refractivity contribution is 0.0448. The molecule has 1 aromatic heterocycles. The van der Waals surface area contributed by atoms with Gasteiger partial charge in [0.2, 0.25) is 0 Å². The predicted octanol–water partition coefficient (Wildman–Crippen LogP) is 0.520. The van der Waals surface area contributed by atoms with Gasteiger partial charge in [-0.1, -0.05) is 12.8 Å². The number of nitrogens with one attached hydrogen (secondary N) is 1. The molecule has 0 bridgehead atoms. The van der Waals surface area contributed by atoms with Gasteiger partial charge in [0, 0.05) is 19.3 Å². The molecule has 1 aliphatic rings. The largest absolute Gasteiger partial charge is 0.396 e. The minimum Gasteiger partial charge on any atom is -0.396 e. The Balaban J connectivity index is 1.96. The Morgan fingerprint density at radius 3 is 2.83 bits per heavy atom. The van der Waals surface area contributed by atoms with E-state index in [1.54, 1.807) is 10.9 Å². The van der Waals surface area contributed by atoms with Crippen LogP contribution in [0.1, 0.15) is 43.1 Å². The van der Waals surface area contributed by atoms with Crippen molar-refractivity contribution < 1.29 is 9.90 Å². The molecule has 2 rings (SSSR count). The summed E-state index contributed by atoms with van der Waals surface area (Å²) in [5.74, 6) is -0.319. The molecular weight excluding hydrogens is 232 g/mol. The highest BCUT2D eigenvalue weighted by atomic mass is 16.3. The van der Waals surface area contributed by atoms with Crippen molar-refractivity contribution in [2.75, 3.05) is 12.3 Å². The molecule has 1 saturated carbocycles. The fourth-order valence-electron chi connectivity index (χ4n) is 2.31. The van der Waals surface area contributed by atoms with Crippen LogP contribution in [0.2, 0.25) is 0 Å². The summed E-state index contributed by atoms with van der Waals surface area (Å²) in [7, 11) is 0. The summed E-state index contributed by atoms with van der Waals surface area (Å²) in [5.41, 5.74) is 5.58. The molecule has 4 N–H and O–H groups in total. The second-order valence-corrected chi connectivity index (χ2v) is 4.90. The van der Waals surface area contributed by atoms with Gasteiger partial charge in [-0.15, -0.1) is 0 Å². The molecule has 1 fully saturated rings. The van der Waals surface area contributed by atoms with E-state index in [-0.39, 0.29) is 18.1 Å². The standard InChI is InChI=1S/C12H20N4O2/c1-2-16-7-9(13)10(15-16)11(17)14-8-12(18)5-3-4-6-12/h7,18H,2-6,8,13H2,1H3,(H,14,17). The van der Waals surface area contributed by atoms with Crippen molar-refractivity contribution in [2.24, 2.45) is 0 Å². The maximum Gasteiger partial charge on any atom is 0.274 e. The number of aryl methyl sites for hydroxylation is 1. The van der Waals surface area contributed by atoms with Crippen molar-refractivity contribution in [3.05, 3.63) is 11.9 Å². The lowest BCUT2D eigenvalue weighted by atomic mass is 10.0. The molecule has 0 atom stereocenters. The maximum absolute atomic E-state index is 11.9. The number of nitrogens with two attached hydrogens (primary N) is 1. The lowest BCUT2D eigenvalue weighted by Gasteiger charge is -2.21. The number of nitrogen functional groups attached to an aromatic ring is 1. The van der Waals surface area contributed by atoms with Gasteiger partial charge in [-0.25, -0.2) is 0 Å². The van der Waals surface area contributed by atoms with E-state index in [1.165, 1.54) is 0 Å². The van der Waals surface area contributed by atoms with Gasteiger partial charge in [-0.2, -0.15) is 5.10 Å². The van der Waals surface area contributed by atoms with Crippen LogP contribution in [0.5, 0.6) is 0 Å². The van der Waals surface area contributed by atoms with E-state index < -0.39 is 5.60 Å². The number of anilines is 1. The number of hydrogen-bond acceptors (Lipinski definition) is 4. The van der Waals surface area contributed by atoms with Crippen LogP contribution in [0.15, 0.2) is 6.20 Å². The van der Waals surface area contributed by atoms with E-state index in [1.807, 2.05) is 6.92 Å². The SMILES string of the molecule is CCn1cc(N)c(C(=O)NCC2(O)CCCC2)n1. The lowest BCUT2D eigenvalue weighted by Crippen LogP contribution is -2.41. The first-order valence-electron chi connectivity index (χ1n) is 6.37. The second kappa shape index (κ2) is 4.97. The van der Waals surface area contributed by atoms with Crippen LogP contribution in [0.3, 0.4) is 0 Å². The van der Waals surface area contributed by atoms with Crippen molar-refractivity contribution in [1.82, 2.24) is 15.1 Å². The minimum atomic E-state index is -0.752. The Labute approximate surface area is 106 Å². The summed E-state index contributed by atoms with van der Waals surface area (Å²) < 4.78 is 1.62. The molecule has 1 aliphatic carbocycles. The van der Waals surface area contributed by atoms with Gasteiger partial charge in [0.1, 0.15) is 0 Å². The van der Waals surface area contributed by atoms with Gasteiger partial charge in [0.05, 0.1) is 11.3 Å². The molecule has 6 heteroatoms. The monoisotopic (exact) mass is 252 g/mol. The maximum atomic E-state index is 11.9. The smallest absolute Gasteiger partial charge is 0.274 e. The number of hydrogen-bond donors (Lipinski definition) is 3. The first-order chi connectivity index (χ1) is 8.54. The van der Waals surface area contributed by atoms with Crippen molar-refractivity contribution >= 4 is 11.6 Å². The van der Waals surface area contributed by atoms with Crippen LogP contribution in [0, 0.1) is 0 Å². The Morgan fingerprint density at radius 2 is 2.28 bits per heavy atom. The van der Waals surface area contributed by atoms with E-state index >= 15 is 0 Å². The van der Waals surface area contributed by atoms with Gasteiger partial charge < -0.3 is 16.2 Å². The van der Waals surface area contributed by atoms with Crippen molar-refractivity contribution in [3.8, 4) is 0 Å². The number of carbonyl (C=O) groups excluding carboxylic acids is 1. The zero-order valence-electron chi connectivity index (χ0n) is 10.6. The Morgan fingerprint density at radius 1 is 1.61 bits per heavy atom. The zero-order chi connectivity index (χ0) is 13.2. The van der Waals surface area contributed by atoms with E-state index in [9.17, 15) is 9.90 Å². The number of nitrogens with zero attached hydrogens (tertiary/aromatic N) is 2. The van der Waals surface area contributed by atoms with Gasteiger partial charge in [-0.05, 0) is 19.8 Å². The van der Waals surface area contributed by atoms with Crippen LogP contribution in [0.25, 0.3) is 0 Å². The minimum absolute atomic E-state index is 0.235. The van der Waals surface area contributed by atoms with Crippen LogP contribution < -0.4 is 11.1 Å². The molecule has 0 aliphatic heterocycles. The van der Waals surface area contributed by atoms with E-state index in [0.717, 1.165) is 25.7 Å². The number of aliphatic hydroxyl groups is 1. The molecule has 0 radical (unpaired) electrons. The fourth-order valence-corrected chi connectivity index (χ4v) is 2.31. The highest BCUT2D eigenvalue weighted by Crippen LogP contribution is 2.28. The van der Waals surface area contributed by atoms with Crippen LogP contribution in [0.4, 0.5) is 5.69 Å². The number of rotatable bonds is 4. The molecule has 0 saturated heterocycles. The zero-order valence-corrected chi connectivity index (χ0v) is 10.6. The molecule has 6 nitrogen and oxygen atoms in total. The normalized spacial score (nSPS) is 17.9. The molecule has 1 amide bonds. The van der Waals surface area contributed by atoms with Crippen molar-refractivity contribution in [2.45, 2.75) is 44.8 Å². The molecule has 18 heavy (non-hydrogen) atoms. The first kappa shape index (κ1) is 12.9. The highest BCUT2D eigenvalue weighted by molar-refractivity contribution is 5.97. The van der Waals surface area contributed by atoms with E-state index in [0.29, 0.717) is 12.2 Å². The Kier molecular flexibility index (Phi) is 3.56. The summed E-state index contributed by atoms with van der Waals surface area (Å²) in [6, 6.07) is 0. The van der Waals surface area contributed by atoms with Crippen molar-refractivity contribution in [3.63, 3.8) is 0 Å². The summed E-state index contributed by atoms with van der Waals surface area (Å²) in [5, 5.41) is 16.9. The third kappa shape index (κ3) is 2.64. The Bertz CT molecular complexity index is 435. The second-order valence-electron chi connectivity index (χ2n) is 4.90. The first-order valence-corrected chi connectivity index (χ1v) is 6.37. The highest BCUT2D eigenvalue weighted by Gasteiger charge is 2.31. The molecule has 0 aromatic carbocycles. The van der Waals surface area contributed by atoms with E-state index in [4.69, 9.17) is 5.73 Å². The van der Waals surface area contributed by atoms with Gasteiger partial charge >= 0.3 is 0 Å². The topological polar surface area (TPSA) is 93.2 Å². The van der Waals surface area contributed by atoms with Crippen LogP contribution in [-0.2, 0) is 6.54 Å². The summed E-state index contributed by atoms with van der Waals surface area (Å²) in [4.78, 5) is 11.9. The summed E-state index contributed by atoms with van der Waals surface area (Å²) in [6.45, 7) is 2.86. The van der Waals surface area contributed by atoms with Gasteiger partial charge in [0.25, 0.3) is 5.91 Å². The summed E-state index contributed by atoms with van der Waals surface area (Å²) in [6.07, 6.45) is 5.15. The van der Waals surface area contributed by atoms with Crippen LogP contribution in [-0.4, -0.2) is 32.9 Å².